The van der Waals surface area contributed by atoms with Crippen molar-refractivity contribution in [3.8, 4) is 5.75 Å². The molecular weight excluding hydrogens is 264 g/mol. The average Bonchev–Trinajstić information content (AvgIpc) is 2.83. The van der Waals surface area contributed by atoms with E-state index in [1.54, 1.807) is 7.11 Å². The Hall–Kier alpha value is -1.81. The zero-order valence-corrected chi connectivity index (χ0v) is 13.5. The van der Waals surface area contributed by atoms with E-state index < -0.39 is 0 Å². The monoisotopic (exact) mass is 288 g/mol. The average molecular weight is 288 g/mol. The van der Waals surface area contributed by atoms with Gasteiger partial charge in [0.25, 0.3) is 0 Å². The van der Waals surface area contributed by atoms with Crippen molar-refractivity contribution in [1.82, 2.24) is 10.1 Å². The van der Waals surface area contributed by atoms with E-state index >= 15 is 0 Å². The van der Waals surface area contributed by atoms with Crippen molar-refractivity contribution in [1.29, 1.82) is 0 Å². The maximum absolute atomic E-state index is 5.32. The molecule has 114 valence electrons. The molecule has 4 nitrogen and oxygen atoms in total. The molecule has 0 radical (unpaired) electrons. The highest BCUT2D eigenvalue weighted by atomic mass is 16.5. The van der Waals surface area contributed by atoms with Crippen molar-refractivity contribution in [2.45, 2.75) is 40.3 Å². The first-order chi connectivity index (χ1) is 10.1. The second kappa shape index (κ2) is 6.76. The molecule has 0 saturated carbocycles. The normalized spacial score (nSPS) is 12.7. The molecule has 1 aromatic carbocycles. The van der Waals surface area contributed by atoms with Crippen LogP contribution in [-0.4, -0.2) is 23.7 Å². The first kappa shape index (κ1) is 15.6. The minimum atomic E-state index is 0.304. The number of hydrogen-bond donors (Lipinski definition) is 0. The third-order valence-corrected chi connectivity index (χ3v) is 4.07. The van der Waals surface area contributed by atoms with Crippen molar-refractivity contribution >= 4 is 0 Å². The molecule has 0 aliphatic heterocycles. The zero-order chi connectivity index (χ0) is 15.4. The number of aryl methyl sites for hydroxylation is 2. The Morgan fingerprint density at radius 3 is 2.67 bits per heavy atom. The second-order valence-electron chi connectivity index (χ2n) is 5.32. The van der Waals surface area contributed by atoms with Gasteiger partial charge in [-0.05, 0) is 45.0 Å². The molecule has 0 fully saturated rings. The summed E-state index contributed by atoms with van der Waals surface area (Å²) in [7, 11) is 1.70. The Balaban J connectivity index is 2.20. The van der Waals surface area contributed by atoms with Gasteiger partial charge in [-0.2, -0.15) is 0 Å². The lowest BCUT2D eigenvalue weighted by Crippen LogP contribution is -2.26. The van der Waals surface area contributed by atoms with E-state index in [4.69, 9.17) is 9.26 Å². The van der Waals surface area contributed by atoms with Crippen LogP contribution >= 0.6 is 0 Å². The third-order valence-electron chi connectivity index (χ3n) is 4.07. The quantitative estimate of drug-likeness (QED) is 0.808. The van der Waals surface area contributed by atoms with Crippen LogP contribution in [0.1, 0.15) is 42.5 Å². The molecule has 2 aromatic rings. The molecule has 0 N–H and O–H groups in total. The topological polar surface area (TPSA) is 38.5 Å². The Bertz CT molecular complexity index is 573. The van der Waals surface area contributed by atoms with Gasteiger partial charge in [0, 0.05) is 18.2 Å². The summed E-state index contributed by atoms with van der Waals surface area (Å²) < 4.78 is 10.6. The lowest BCUT2D eigenvalue weighted by atomic mass is 10.1. The Labute approximate surface area is 126 Å². The van der Waals surface area contributed by atoms with E-state index in [0.717, 1.165) is 30.3 Å². The summed E-state index contributed by atoms with van der Waals surface area (Å²) in [4.78, 5) is 2.40. The fourth-order valence-electron chi connectivity index (χ4n) is 2.57. The smallest absolute Gasteiger partial charge is 0.138 e. The number of rotatable bonds is 6. The van der Waals surface area contributed by atoms with Crippen molar-refractivity contribution < 1.29 is 9.26 Å². The van der Waals surface area contributed by atoms with Gasteiger partial charge in [-0.25, -0.2) is 0 Å². The predicted molar refractivity (Wildman–Crippen MR) is 83.5 cm³/mol. The lowest BCUT2D eigenvalue weighted by molar-refractivity contribution is 0.211. The van der Waals surface area contributed by atoms with Crippen molar-refractivity contribution in [2.24, 2.45) is 0 Å². The lowest BCUT2D eigenvalue weighted by Gasteiger charge is -2.28. The van der Waals surface area contributed by atoms with Gasteiger partial charge in [0.05, 0.1) is 12.8 Å². The minimum absolute atomic E-state index is 0.304. The van der Waals surface area contributed by atoms with Crippen LogP contribution in [0.15, 0.2) is 28.8 Å². The summed E-state index contributed by atoms with van der Waals surface area (Å²) in [6.07, 6.45) is 0. The highest BCUT2D eigenvalue weighted by Gasteiger charge is 2.19. The summed E-state index contributed by atoms with van der Waals surface area (Å²) >= 11 is 0. The number of nitrogens with zero attached hydrogens (tertiary/aromatic N) is 2. The predicted octanol–water partition coefficient (Wildman–Crippen LogP) is 3.88. The number of benzene rings is 1. The first-order valence-corrected chi connectivity index (χ1v) is 7.36. The van der Waals surface area contributed by atoms with Crippen LogP contribution in [-0.2, 0) is 6.54 Å². The summed E-state index contributed by atoms with van der Waals surface area (Å²) in [5.74, 6) is 1.80. The number of aromatic nitrogens is 1. The van der Waals surface area contributed by atoms with E-state index in [9.17, 15) is 0 Å². The first-order valence-electron chi connectivity index (χ1n) is 7.36. The maximum atomic E-state index is 5.32. The Kier molecular flexibility index (Phi) is 5.02. The van der Waals surface area contributed by atoms with Crippen LogP contribution in [0.5, 0.6) is 5.75 Å². The van der Waals surface area contributed by atoms with Crippen LogP contribution in [0.25, 0.3) is 0 Å². The minimum Gasteiger partial charge on any atom is -0.497 e. The third kappa shape index (κ3) is 3.45. The van der Waals surface area contributed by atoms with Crippen LogP contribution in [0.3, 0.4) is 0 Å². The summed E-state index contributed by atoms with van der Waals surface area (Å²) in [5.41, 5.74) is 3.42. The number of ether oxygens (including phenoxy) is 1. The standard InChI is InChI=1S/C17H24N2O2/c1-6-19(11-17-12(2)18-21-14(17)4)13(3)15-8-7-9-16(10-15)20-5/h7-10,13H,6,11H2,1-5H3/t13-/m1/s1. The maximum Gasteiger partial charge on any atom is 0.138 e. The molecule has 2 rings (SSSR count). The molecule has 0 saturated heterocycles. The van der Waals surface area contributed by atoms with Gasteiger partial charge in [-0.3, -0.25) is 4.90 Å². The fourth-order valence-corrected chi connectivity index (χ4v) is 2.57. The number of methoxy groups -OCH3 is 1. The largest absolute Gasteiger partial charge is 0.497 e. The molecule has 1 aromatic heterocycles. The van der Waals surface area contributed by atoms with E-state index in [1.807, 2.05) is 26.0 Å². The summed E-state index contributed by atoms with van der Waals surface area (Å²) in [5, 5.41) is 4.04. The van der Waals surface area contributed by atoms with Gasteiger partial charge in [0.15, 0.2) is 0 Å². The van der Waals surface area contributed by atoms with Crippen molar-refractivity contribution in [3.05, 3.63) is 46.8 Å². The number of hydrogen-bond acceptors (Lipinski definition) is 4. The summed E-state index contributed by atoms with van der Waals surface area (Å²) in [6.45, 7) is 10.2. The summed E-state index contributed by atoms with van der Waals surface area (Å²) in [6, 6.07) is 8.55. The van der Waals surface area contributed by atoms with Crippen LogP contribution < -0.4 is 4.74 Å². The SMILES string of the molecule is CCN(Cc1c(C)noc1C)[C@H](C)c1cccc(OC)c1. The van der Waals surface area contributed by atoms with E-state index in [0.29, 0.717) is 6.04 Å². The molecule has 4 heteroatoms. The molecule has 21 heavy (non-hydrogen) atoms. The van der Waals surface area contributed by atoms with Gasteiger partial charge in [0.2, 0.25) is 0 Å². The van der Waals surface area contributed by atoms with Gasteiger partial charge in [0.1, 0.15) is 11.5 Å². The highest BCUT2D eigenvalue weighted by molar-refractivity contribution is 5.30. The molecule has 0 aliphatic carbocycles. The fraction of sp³-hybridized carbons (Fsp3) is 0.471. The van der Waals surface area contributed by atoms with E-state index in [2.05, 4.69) is 36.0 Å². The molecule has 0 spiro atoms. The Morgan fingerprint density at radius 1 is 1.33 bits per heavy atom. The zero-order valence-electron chi connectivity index (χ0n) is 13.5. The van der Waals surface area contributed by atoms with Crippen LogP contribution in [0.4, 0.5) is 0 Å². The van der Waals surface area contributed by atoms with E-state index in [-0.39, 0.29) is 0 Å². The molecule has 0 amide bonds. The Morgan fingerprint density at radius 2 is 2.10 bits per heavy atom. The highest BCUT2D eigenvalue weighted by Crippen LogP contribution is 2.26. The van der Waals surface area contributed by atoms with Crippen molar-refractivity contribution in [2.75, 3.05) is 13.7 Å². The molecule has 1 heterocycles. The molecular formula is C17H24N2O2. The van der Waals surface area contributed by atoms with Crippen LogP contribution in [0, 0.1) is 13.8 Å². The van der Waals surface area contributed by atoms with Gasteiger partial charge in [-0.15, -0.1) is 0 Å². The molecule has 0 aliphatic rings. The molecule has 0 unspecified atom stereocenters. The van der Waals surface area contributed by atoms with Gasteiger partial charge in [-0.1, -0.05) is 24.2 Å². The van der Waals surface area contributed by atoms with Crippen LogP contribution in [0.2, 0.25) is 0 Å². The van der Waals surface area contributed by atoms with Gasteiger partial charge < -0.3 is 9.26 Å². The molecule has 0 bridgehead atoms. The van der Waals surface area contributed by atoms with Gasteiger partial charge >= 0.3 is 0 Å². The van der Waals surface area contributed by atoms with E-state index in [1.165, 1.54) is 11.1 Å². The molecule has 1 atom stereocenters. The second-order valence-corrected chi connectivity index (χ2v) is 5.32. The van der Waals surface area contributed by atoms with Crippen molar-refractivity contribution in [3.63, 3.8) is 0 Å².